The highest BCUT2D eigenvalue weighted by Gasteiger charge is 2.31. The molecule has 0 bridgehead atoms. The van der Waals surface area contributed by atoms with Crippen molar-refractivity contribution in [1.29, 1.82) is 0 Å². The summed E-state index contributed by atoms with van der Waals surface area (Å²) in [5.74, 6) is 0.484. The molecule has 0 radical (unpaired) electrons. The SMILES string of the molecule is COc1cccc(CNC(=O)c2nc3scc(COC[C@H]4CC[C@H](C(N)S(C)(=O)=O)CC4)c3c(=O)[nH]2)c1. The normalized spacial score (nSPS) is 19.0. The van der Waals surface area contributed by atoms with E-state index in [1.54, 1.807) is 7.11 Å². The van der Waals surface area contributed by atoms with Gasteiger partial charge in [0.15, 0.2) is 9.84 Å². The Kier molecular flexibility index (Phi) is 8.63. The third-order valence-corrected chi connectivity index (χ3v) is 9.08. The molecule has 1 fully saturated rings. The number of hydrogen-bond donors (Lipinski definition) is 3. The standard InChI is InChI=1S/C25H32N4O6S2/c1-34-19-5-3-4-16(10-19)11-27-24(31)22-28-23(30)20-18(14-36-25(20)29-22)13-35-12-15-6-8-17(9-7-15)21(26)37(2,32)33/h3-5,10,14-15,17,21H,6-9,11-13,26H2,1-2H3,(H,27,31)(H,28,29,30)/t15-,17-,21?. The fraction of sp³-hybridized carbons (Fsp3) is 0.480. The first-order valence-electron chi connectivity index (χ1n) is 12.1. The minimum Gasteiger partial charge on any atom is -0.497 e. The third-order valence-electron chi connectivity index (χ3n) is 6.78. The number of hydrogen-bond acceptors (Lipinski definition) is 9. The summed E-state index contributed by atoms with van der Waals surface area (Å²) in [6, 6.07) is 7.34. The van der Waals surface area contributed by atoms with Crippen molar-refractivity contribution in [2.45, 2.75) is 44.2 Å². The molecule has 4 N–H and O–H groups in total. The van der Waals surface area contributed by atoms with E-state index in [0.717, 1.165) is 36.8 Å². The van der Waals surface area contributed by atoms with E-state index in [9.17, 15) is 18.0 Å². The molecule has 2 heterocycles. The van der Waals surface area contributed by atoms with Crippen LogP contribution >= 0.6 is 11.3 Å². The molecule has 1 aliphatic carbocycles. The number of nitrogens with zero attached hydrogens (tertiary/aromatic N) is 1. The first kappa shape index (κ1) is 27.2. The molecule has 37 heavy (non-hydrogen) atoms. The quantitative estimate of drug-likeness (QED) is 0.349. The Morgan fingerprint density at radius 3 is 2.76 bits per heavy atom. The van der Waals surface area contributed by atoms with Gasteiger partial charge in [0.1, 0.15) is 16.0 Å². The van der Waals surface area contributed by atoms with Crippen molar-refractivity contribution in [3.05, 3.63) is 57.0 Å². The first-order chi connectivity index (χ1) is 17.7. The van der Waals surface area contributed by atoms with E-state index >= 15 is 0 Å². The number of rotatable bonds is 10. The highest BCUT2D eigenvalue weighted by molar-refractivity contribution is 7.91. The van der Waals surface area contributed by atoms with Gasteiger partial charge in [0, 0.05) is 25.0 Å². The lowest BCUT2D eigenvalue weighted by Gasteiger charge is -2.31. The highest BCUT2D eigenvalue weighted by Crippen LogP contribution is 2.32. The summed E-state index contributed by atoms with van der Waals surface area (Å²) in [4.78, 5) is 32.8. The lowest BCUT2D eigenvalue weighted by molar-refractivity contribution is 0.0675. The number of aromatic nitrogens is 2. The zero-order valence-electron chi connectivity index (χ0n) is 20.9. The summed E-state index contributed by atoms with van der Waals surface area (Å²) in [5.41, 5.74) is 7.10. The largest absolute Gasteiger partial charge is 0.497 e. The van der Waals surface area contributed by atoms with Crippen LogP contribution in [0.5, 0.6) is 5.75 Å². The second kappa shape index (κ2) is 11.7. The van der Waals surface area contributed by atoms with E-state index in [1.807, 2.05) is 29.6 Å². The second-order valence-electron chi connectivity index (χ2n) is 9.48. The fourth-order valence-electron chi connectivity index (χ4n) is 4.64. The van der Waals surface area contributed by atoms with Crippen molar-refractivity contribution in [1.82, 2.24) is 15.3 Å². The van der Waals surface area contributed by atoms with Crippen molar-refractivity contribution in [2.75, 3.05) is 20.0 Å². The smallest absolute Gasteiger partial charge is 0.287 e. The number of fused-ring (bicyclic) bond motifs is 1. The Morgan fingerprint density at radius 1 is 1.30 bits per heavy atom. The number of amides is 1. The van der Waals surface area contributed by atoms with Gasteiger partial charge in [0.25, 0.3) is 11.5 Å². The highest BCUT2D eigenvalue weighted by atomic mass is 32.2. The van der Waals surface area contributed by atoms with E-state index in [-0.39, 0.29) is 30.5 Å². The minimum atomic E-state index is -3.24. The first-order valence-corrected chi connectivity index (χ1v) is 14.9. The van der Waals surface area contributed by atoms with Crippen molar-refractivity contribution >= 4 is 37.3 Å². The summed E-state index contributed by atoms with van der Waals surface area (Å²) >= 11 is 1.29. The summed E-state index contributed by atoms with van der Waals surface area (Å²) in [5, 5.41) is 4.21. The summed E-state index contributed by atoms with van der Waals surface area (Å²) < 4.78 is 34.5. The number of thiophene rings is 1. The number of aromatic amines is 1. The van der Waals surface area contributed by atoms with Crippen molar-refractivity contribution < 1.29 is 22.7 Å². The van der Waals surface area contributed by atoms with E-state index in [0.29, 0.717) is 28.5 Å². The molecule has 1 atom stereocenters. The zero-order valence-corrected chi connectivity index (χ0v) is 22.5. The number of carbonyl (C=O) groups excluding carboxylic acids is 1. The van der Waals surface area contributed by atoms with Gasteiger partial charge in [-0.2, -0.15) is 0 Å². The fourth-order valence-corrected chi connectivity index (χ4v) is 6.53. The molecule has 1 aliphatic rings. The number of nitrogens with two attached hydrogens (primary N) is 1. The molecule has 4 rings (SSSR count). The maximum Gasteiger partial charge on any atom is 0.287 e. The van der Waals surface area contributed by atoms with Crippen LogP contribution in [0.3, 0.4) is 0 Å². The van der Waals surface area contributed by atoms with Crippen LogP contribution in [-0.2, 0) is 27.7 Å². The van der Waals surface area contributed by atoms with Gasteiger partial charge in [-0.1, -0.05) is 12.1 Å². The maximum atomic E-state index is 12.8. The predicted octanol–water partition coefficient (Wildman–Crippen LogP) is 2.58. The molecule has 2 aromatic heterocycles. The summed E-state index contributed by atoms with van der Waals surface area (Å²) in [6.07, 6.45) is 4.42. The van der Waals surface area contributed by atoms with E-state index < -0.39 is 21.1 Å². The van der Waals surface area contributed by atoms with Gasteiger partial charge in [-0.3, -0.25) is 9.59 Å². The van der Waals surface area contributed by atoms with Crippen LogP contribution in [0.1, 0.15) is 47.4 Å². The van der Waals surface area contributed by atoms with E-state index in [1.165, 1.54) is 17.6 Å². The molecule has 12 heteroatoms. The number of H-pyrrole nitrogens is 1. The van der Waals surface area contributed by atoms with Crippen LogP contribution in [0.4, 0.5) is 0 Å². The Morgan fingerprint density at radius 2 is 2.05 bits per heavy atom. The number of benzene rings is 1. The topological polar surface area (TPSA) is 153 Å². The van der Waals surface area contributed by atoms with Gasteiger partial charge in [0.2, 0.25) is 5.82 Å². The Hall–Kier alpha value is -2.80. The van der Waals surface area contributed by atoms with Gasteiger partial charge in [-0.05, 0) is 60.6 Å². The Balaban J connectivity index is 1.31. The van der Waals surface area contributed by atoms with E-state index in [4.69, 9.17) is 15.2 Å². The van der Waals surface area contributed by atoms with Crippen molar-refractivity contribution in [2.24, 2.45) is 17.6 Å². The Labute approximate surface area is 219 Å². The van der Waals surface area contributed by atoms with Gasteiger partial charge >= 0.3 is 0 Å². The van der Waals surface area contributed by atoms with Gasteiger partial charge in [-0.15, -0.1) is 11.3 Å². The molecular weight excluding hydrogens is 516 g/mol. The molecule has 10 nitrogen and oxygen atoms in total. The second-order valence-corrected chi connectivity index (χ2v) is 12.5. The molecular formula is C25H32N4O6S2. The van der Waals surface area contributed by atoms with Crippen molar-refractivity contribution in [3.8, 4) is 5.75 Å². The van der Waals surface area contributed by atoms with Crippen molar-refractivity contribution in [3.63, 3.8) is 0 Å². The number of methoxy groups -OCH3 is 1. The lowest BCUT2D eigenvalue weighted by atomic mass is 9.82. The van der Waals surface area contributed by atoms with Crippen LogP contribution in [0.25, 0.3) is 10.2 Å². The van der Waals surface area contributed by atoms with Crippen LogP contribution in [-0.4, -0.2) is 49.6 Å². The van der Waals surface area contributed by atoms with Gasteiger partial charge in [0.05, 0.1) is 19.1 Å². The molecule has 1 amide bonds. The third kappa shape index (κ3) is 6.75. The van der Waals surface area contributed by atoms with Crippen LogP contribution in [0, 0.1) is 11.8 Å². The van der Waals surface area contributed by atoms with Crippen LogP contribution < -0.4 is 21.3 Å². The number of ether oxygens (including phenoxy) is 2. The monoisotopic (exact) mass is 548 g/mol. The molecule has 1 unspecified atom stereocenters. The zero-order chi connectivity index (χ0) is 26.6. The number of sulfone groups is 1. The maximum absolute atomic E-state index is 12.8. The van der Waals surface area contributed by atoms with E-state index in [2.05, 4.69) is 15.3 Å². The predicted molar refractivity (Wildman–Crippen MR) is 142 cm³/mol. The molecule has 1 aromatic carbocycles. The average Bonchev–Trinajstić information content (AvgIpc) is 3.30. The minimum absolute atomic E-state index is 0.0152. The molecule has 3 aromatic rings. The molecule has 1 saturated carbocycles. The number of nitrogens with one attached hydrogen (secondary N) is 2. The summed E-state index contributed by atoms with van der Waals surface area (Å²) in [7, 11) is -1.66. The van der Waals surface area contributed by atoms with Gasteiger partial charge < -0.3 is 25.5 Å². The molecule has 0 saturated heterocycles. The Bertz CT molecular complexity index is 1410. The average molecular weight is 549 g/mol. The lowest BCUT2D eigenvalue weighted by Crippen LogP contribution is -2.39. The van der Waals surface area contributed by atoms with Crippen LogP contribution in [0.2, 0.25) is 0 Å². The number of carbonyl (C=O) groups is 1. The summed E-state index contributed by atoms with van der Waals surface area (Å²) in [6.45, 7) is 1.05. The molecule has 0 aliphatic heterocycles. The molecule has 0 spiro atoms. The van der Waals surface area contributed by atoms with Crippen LogP contribution in [0.15, 0.2) is 34.4 Å². The molecule has 200 valence electrons. The van der Waals surface area contributed by atoms with Gasteiger partial charge in [-0.25, -0.2) is 13.4 Å².